The number of likely N-dealkylation sites (tertiary alicyclic amines) is 1. The third kappa shape index (κ3) is 4.09. The third-order valence-corrected chi connectivity index (χ3v) is 4.10. The molecule has 0 bridgehead atoms. The lowest BCUT2D eigenvalue weighted by Crippen LogP contribution is -2.34. The first-order valence-corrected chi connectivity index (χ1v) is 8.09. The van der Waals surface area contributed by atoms with E-state index < -0.39 is 0 Å². The third-order valence-electron chi connectivity index (χ3n) is 4.10. The fraction of sp³-hybridized carbons (Fsp3) is 0.353. The summed E-state index contributed by atoms with van der Waals surface area (Å²) in [5.41, 5.74) is 0.168. The number of nitrogens with zero attached hydrogens (tertiary/aromatic N) is 3. The molecule has 2 N–H and O–H groups in total. The Morgan fingerprint density at radius 2 is 2.20 bits per heavy atom. The maximum absolute atomic E-state index is 12.4. The van der Waals surface area contributed by atoms with Crippen LogP contribution in [0.3, 0.4) is 0 Å². The molecule has 0 spiro atoms. The molecule has 1 aliphatic rings. The summed E-state index contributed by atoms with van der Waals surface area (Å²) in [5, 5.41) is 2.79. The smallest absolute Gasteiger partial charge is 0.272 e. The van der Waals surface area contributed by atoms with E-state index in [4.69, 9.17) is 0 Å². The molecule has 0 aromatic carbocycles. The van der Waals surface area contributed by atoms with Crippen LogP contribution in [0.5, 0.6) is 0 Å². The van der Waals surface area contributed by atoms with E-state index in [2.05, 4.69) is 20.3 Å². The molecule has 25 heavy (non-hydrogen) atoms. The van der Waals surface area contributed by atoms with Crippen LogP contribution in [0.1, 0.15) is 33.2 Å². The number of aromatic amines is 1. The SMILES string of the molecule is Cc1nc(C(=O)NC[C@H]2CCN(C(=O)c3ccccn3)C2)cc(=O)[nH]1. The Morgan fingerprint density at radius 1 is 1.36 bits per heavy atom. The van der Waals surface area contributed by atoms with Gasteiger partial charge in [0.15, 0.2) is 0 Å². The summed E-state index contributed by atoms with van der Waals surface area (Å²) in [6, 6.07) is 6.42. The normalized spacial score (nSPS) is 16.7. The van der Waals surface area contributed by atoms with Gasteiger partial charge in [-0.15, -0.1) is 0 Å². The number of amides is 2. The number of pyridine rings is 1. The second-order valence-corrected chi connectivity index (χ2v) is 6.05. The summed E-state index contributed by atoms with van der Waals surface area (Å²) >= 11 is 0. The number of carbonyl (C=O) groups excluding carboxylic acids is 2. The Hall–Kier alpha value is -3.03. The van der Waals surface area contributed by atoms with Crippen LogP contribution in [-0.2, 0) is 0 Å². The summed E-state index contributed by atoms with van der Waals surface area (Å²) in [6.07, 6.45) is 2.40. The molecule has 8 nitrogen and oxygen atoms in total. The van der Waals surface area contributed by atoms with Gasteiger partial charge in [-0.2, -0.15) is 0 Å². The fourth-order valence-electron chi connectivity index (χ4n) is 2.86. The molecular weight excluding hydrogens is 322 g/mol. The van der Waals surface area contributed by atoms with Gasteiger partial charge in [-0.25, -0.2) is 4.98 Å². The van der Waals surface area contributed by atoms with Crippen molar-refractivity contribution in [2.45, 2.75) is 13.3 Å². The second-order valence-electron chi connectivity index (χ2n) is 6.05. The van der Waals surface area contributed by atoms with Crippen molar-refractivity contribution in [1.82, 2.24) is 25.2 Å². The average Bonchev–Trinajstić information content (AvgIpc) is 3.08. The van der Waals surface area contributed by atoms with Crippen LogP contribution in [0.4, 0.5) is 0 Å². The highest BCUT2D eigenvalue weighted by atomic mass is 16.2. The van der Waals surface area contributed by atoms with Gasteiger partial charge in [-0.3, -0.25) is 19.4 Å². The van der Waals surface area contributed by atoms with E-state index in [0.717, 1.165) is 6.42 Å². The summed E-state index contributed by atoms with van der Waals surface area (Å²) in [5.74, 6) is 0.0790. The molecule has 1 fully saturated rings. The highest BCUT2D eigenvalue weighted by Gasteiger charge is 2.27. The molecule has 1 saturated heterocycles. The van der Waals surface area contributed by atoms with E-state index in [1.54, 1.807) is 36.2 Å². The van der Waals surface area contributed by atoms with E-state index >= 15 is 0 Å². The predicted octanol–water partition coefficient (Wildman–Crippen LogP) is 0.365. The van der Waals surface area contributed by atoms with Gasteiger partial charge in [0, 0.05) is 31.9 Å². The Morgan fingerprint density at radius 3 is 2.92 bits per heavy atom. The van der Waals surface area contributed by atoms with Crippen molar-refractivity contribution in [3.05, 3.63) is 58.0 Å². The molecule has 2 aromatic rings. The van der Waals surface area contributed by atoms with Gasteiger partial charge in [-0.05, 0) is 31.4 Å². The molecule has 0 saturated carbocycles. The van der Waals surface area contributed by atoms with Crippen LogP contribution in [0, 0.1) is 12.8 Å². The van der Waals surface area contributed by atoms with Crippen molar-refractivity contribution >= 4 is 11.8 Å². The van der Waals surface area contributed by atoms with E-state index in [1.165, 1.54) is 6.07 Å². The average molecular weight is 341 g/mol. The van der Waals surface area contributed by atoms with Gasteiger partial charge in [0.05, 0.1) is 0 Å². The Bertz CT molecular complexity index is 834. The maximum Gasteiger partial charge on any atom is 0.272 e. The molecule has 0 aliphatic carbocycles. The Kier molecular flexibility index (Phi) is 4.87. The zero-order valence-corrected chi connectivity index (χ0v) is 13.9. The fourth-order valence-corrected chi connectivity index (χ4v) is 2.86. The van der Waals surface area contributed by atoms with Crippen molar-refractivity contribution in [3.8, 4) is 0 Å². The van der Waals surface area contributed by atoms with Gasteiger partial charge in [0.25, 0.3) is 17.4 Å². The van der Waals surface area contributed by atoms with Crippen molar-refractivity contribution in [2.75, 3.05) is 19.6 Å². The van der Waals surface area contributed by atoms with Gasteiger partial charge < -0.3 is 15.2 Å². The lowest BCUT2D eigenvalue weighted by molar-refractivity contribution is 0.0781. The minimum Gasteiger partial charge on any atom is -0.350 e. The maximum atomic E-state index is 12.4. The van der Waals surface area contributed by atoms with Crippen molar-refractivity contribution in [2.24, 2.45) is 5.92 Å². The number of rotatable bonds is 4. The van der Waals surface area contributed by atoms with Crippen LogP contribution >= 0.6 is 0 Å². The molecule has 1 atom stereocenters. The summed E-state index contributed by atoms with van der Waals surface area (Å²) in [4.78, 5) is 48.2. The second kappa shape index (κ2) is 7.25. The molecule has 3 rings (SSSR count). The van der Waals surface area contributed by atoms with Crippen molar-refractivity contribution in [1.29, 1.82) is 0 Å². The molecule has 0 radical (unpaired) electrons. The van der Waals surface area contributed by atoms with Crippen molar-refractivity contribution in [3.63, 3.8) is 0 Å². The van der Waals surface area contributed by atoms with Crippen LogP contribution in [0.25, 0.3) is 0 Å². The molecule has 3 heterocycles. The Balaban J connectivity index is 1.54. The van der Waals surface area contributed by atoms with Crippen LogP contribution in [0.15, 0.2) is 35.3 Å². The standard InChI is InChI=1S/C17H19N5O3/c1-11-20-14(8-15(23)21-11)16(24)19-9-12-5-7-22(10-12)17(25)13-4-2-3-6-18-13/h2-4,6,8,12H,5,7,9-10H2,1H3,(H,19,24)(H,20,21,23)/t12-/m1/s1. The van der Waals surface area contributed by atoms with Gasteiger partial charge in [0.2, 0.25) is 0 Å². The largest absolute Gasteiger partial charge is 0.350 e. The number of nitrogens with one attached hydrogen (secondary N) is 2. The number of aromatic nitrogens is 3. The Labute approximate surface area is 144 Å². The monoisotopic (exact) mass is 341 g/mol. The first-order valence-electron chi connectivity index (χ1n) is 8.09. The highest BCUT2D eigenvalue weighted by molar-refractivity contribution is 5.93. The molecule has 2 aromatic heterocycles. The van der Waals surface area contributed by atoms with Crippen LogP contribution < -0.4 is 10.9 Å². The molecule has 130 valence electrons. The molecule has 2 amide bonds. The number of hydrogen-bond donors (Lipinski definition) is 2. The molecule has 1 aliphatic heterocycles. The zero-order chi connectivity index (χ0) is 17.8. The predicted molar refractivity (Wildman–Crippen MR) is 90.2 cm³/mol. The van der Waals surface area contributed by atoms with Gasteiger partial charge in [0.1, 0.15) is 17.2 Å². The van der Waals surface area contributed by atoms with Crippen LogP contribution in [-0.4, -0.2) is 51.3 Å². The van der Waals surface area contributed by atoms with E-state index in [-0.39, 0.29) is 29.0 Å². The zero-order valence-electron chi connectivity index (χ0n) is 13.9. The van der Waals surface area contributed by atoms with Crippen LogP contribution in [0.2, 0.25) is 0 Å². The highest BCUT2D eigenvalue weighted by Crippen LogP contribution is 2.17. The number of hydrogen-bond acceptors (Lipinski definition) is 5. The van der Waals surface area contributed by atoms with Crippen molar-refractivity contribution < 1.29 is 9.59 Å². The van der Waals surface area contributed by atoms with E-state index in [0.29, 0.717) is 31.2 Å². The molecular formula is C17H19N5O3. The van der Waals surface area contributed by atoms with Gasteiger partial charge in [-0.1, -0.05) is 6.07 Å². The lowest BCUT2D eigenvalue weighted by Gasteiger charge is -2.16. The number of aryl methyl sites for hydroxylation is 1. The van der Waals surface area contributed by atoms with E-state index in [1.807, 2.05) is 0 Å². The summed E-state index contributed by atoms with van der Waals surface area (Å²) in [7, 11) is 0. The van der Waals surface area contributed by atoms with E-state index in [9.17, 15) is 14.4 Å². The van der Waals surface area contributed by atoms with Gasteiger partial charge >= 0.3 is 0 Å². The topological polar surface area (TPSA) is 108 Å². The number of carbonyl (C=O) groups is 2. The minimum atomic E-state index is -0.385. The first kappa shape index (κ1) is 16.8. The lowest BCUT2D eigenvalue weighted by atomic mass is 10.1. The molecule has 0 unspecified atom stereocenters. The summed E-state index contributed by atoms with van der Waals surface area (Å²) < 4.78 is 0. The number of H-pyrrole nitrogens is 1. The first-order chi connectivity index (χ1) is 12.0. The minimum absolute atomic E-state index is 0.0960. The molecule has 8 heteroatoms. The summed E-state index contributed by atoms with van der Waals surface area (Å²) in [6.45, 7) is 3.25. The quantitative estimate of drug-likeness (QED) is 0.835.